The van der Waals surface area contributed by atoms with E-state index in [4.69, 9.17) is 21.1 Å². The Balaban J connectivity index is 1.57. The van der Waals surface area contributed by atoms with Gasteiger partial charge in [0.25, 0.3) is 5.91 Å². The van der Waals surface area contributed by atoms with Crippen LogP contribution in [0.1, 0.15) is 28.4 Å². The fourth-order valence-electron chi connectivity index (χ4n) is 2.70. The number of nitrogens with one attached hydrogen (secondary N) is 1. The Morgan fingerprint density at radius 1 is 1.09 bits per heavy atom. The van der Waals surface area contributed by atoms with Crippen molar-refractivity contribution in [2.24, 2.45) is 5.10 Å². The Kier molecular flexibility index (Phi) is 8.03. The predicted molar refractivity (Wildman–Crippen MR) is 128 cm³/mol. The van der Waals surface area contributed by atoms with Crippen LogP contribution in [-0.2, 0) is 4.79 Å². The number of hydrogen-bond donors (Lipinski definition) is 1. The molecule has 164 valence electrons. The molecule has 3 rings (SSSR count). The number of rotatable bonds is 7. The van der Waals surface area contributed by atoms with Crippen LogP contribution in [-0.4, -0.2) is 24.2 Å². The second-order valence-corrected chi connectivity index (χ2v) is 8.14. The molecule has 3 aromatic carbocycles. The fourth-order valence-corrected chi connectivity index (χ4v) is 3.37. The molecule has 0 heterocycles. The predicted octanol–water partition coefficient (Wildman–Crippen LogP) is 5.55. The van der Waals surface area contributed by atoms with Gasteiger partial charge in [-0.05, 0) is 83.4 Å². The van der Waals surface area contributed by atoms with Crippen molar-refractivity contribution in [3.63, 3.8) is 0 Å². The van der Waals surface area contributed by atoms with Gasteiger partial charge in [0.1, 0.15) is 11.5 Å². The van der Waals surface area contributed by atoms with E-state index in [0.29, 0.717) is 32.1 Å². The second-order valence-electron chi connectivity index (χ2n) is 6.85. The Hall–Kier alpha value is -3.16. The standard InChI is InChI=1S/C24H20BrClN2O4/c1-15-12-18(26)10-11-22(15)31-16(2)23(29)28-27-14-17-6-5-7-19(13-17)32-24(30)20-8-3-4-9-21(20)25/h3-14,16H,1-2H3,(H,28,29). The molecular weight excluding hydrogens is 496 g/mol. The summed E-state index contributed by atoms with van der Waals surface area (Å²) in [7, 11) is 0. The van der Waals surface area contributed by atoms with Crippen LogP contribution in [0.4, 0.5) is 0 Å². The molecule has 0 fully saturated rings. The van der Waals surface area contributed by atoms with Crippen molar-refractivity contribution in [2.45, 2.75) is 20.0 Å². The summed E-state index contributed by atoms with van der Waals surface area (Å²) in [4.78, 5) is 24.6. The number of benzene rings is 3. The topological polar surface area (TPSA) is 77.0 Å². The maximum absolute atomic E-state index is 12.4. The van der Waals surface area contributed by atoms with Crippen molar-refractivity contribution >= 4 is 45.6 Å². The molecule has 8 heteroatoms. The third-order valence-electron chi connectivity index (χ3n) is 4.36. The molecule has 0 aliphatic carbocycles. The second kappa shape index (κ2) is 10.9. The minimum absolute atomic E-state index is 0.357. The van der Waals surface area contributed by atoms with Crippen LogP contribution in [0, 0.1) is 6.92 Å². The average molecular weight is 516 g/mol. The Morgan fingerprint density at radius 2 is 1.88 bits per heavy atom. The number of aryl methyl sites for hydroxylation is 1. The first-order valence-electron chi connectivity index (χ1n) is 9.66. The monoisotopic (exact) mass is 514 g/mol. The molecule has 0 bridgehead atoms. The van der Waals surface area contributed by atoms with Gasteiger partial charge < -0.3 is 9.47 Å². The molecule has 0 radical (unpaired) electrons. The highest BCUT2D eigenvalue weighted by atomic mass is 79.9. The molecular formula is C24H20BrClN2O4. The van der Waals surface area contributed by atoms with Crippen molar-refractivity contribution in [2.75, 3.05) is 0 Å². The molecule has 0 saturated carbocycles. The lowest BCUT2D eigenvalue weighted by atomic mass is 10.2. The van der Waals surface area contributed by atoms with E-state index in [-0.39, 0.29) is 0 Å². The smallest absolute Gasteiger partial charge is 0.344 e. The summed E-state index contributed by atoms with van der Waals surface area (Å²) >= 11 is 9.27. The summed E-state index contributed by atoms with van der Waals surface area (Å²) in [6, 6.07) is 19.0. The van der Waals surface area contributed by atoms with E-state index >= 15 is 0 Å². The van der Waals surface area contributed by atoms with Gasteiger partial charge in [-0.25, -0.2) is 10.2 Å². The van der Waals surface area contributed by atoms with Gasteiger partial charge in [0.05, 0.1) is 11.8 Å². The molecule has 0 aliphatic rings. The normalized spacial score (nSPS) is 11.8. The van der Waals surface area contributed by atoms with Crippen LogP contribution in [0.25, 0.3) is 0 Å². The molecule has 0 spiro atoms. The molecule has 1 amide bonds. The minimum Gasteiger partial charge on any atom is -0.481 e. The van der Waals surface area contributed by atoms with Gasteiger partial charge in [0, 0.05) is 9.50 Å². The molecule has 1 atom stereocenters. The SMILES string of the molecule is Cc1cc(Cl)ccc1OC(C)C(=O)NN=Cc1cccc(OC(=O)c2ccccc2Br)c1. The zero-order chi connectivity index (χ0) is 23.1. The first-order valence-corrected chi connectivity index (χ1v) is 10.8. The van der Waals surface area contributed by atoms with Gasteiger partial charge in [-0.15, -0.1) is 0 Å². The number of carbonyl (C=O) groups is 2. The zero-order valence-electron chi connectivity index (χ0n) is 17.3. The van der Waals surface area contributed by atoms with E-state index in [1.165, 1.54) is 6.21 Å². The molecule has 1 N–H and O–H groups in total. The van der Waals surface area contributed by atoms with Crippen molar-refractivity contribution in [3.05, 3.63) is 92.9 Å². The molecule has 0 aromatic heterocycles. The molecule has 1 unspecified atom stereocenters. The lowest BCUT2D eigenvalue weighted by molar-refractivity contribution is -0.127. The number of esters is 1. The van der Waals surface area contributed by atoms with E-state index in [1.807, 2.05) is 13.0 Å². The molecule has 0 aliphatic heterocycles. The highest BCUT2D eigenvalue weighted by Crippen LogP contribution is 2.23. The fraction of sp³-hybridized carbons (Fsp3) is 0.125. The molecule has 6 nitrogen and oxygen atoms in total. The minimum atomic E-state index is -0.761. The van der Waals surface area contributed by atoms with Gasteiger partial charge in [-0.2, -0.15) is 5.10 Å². The number of hydrogen-bond acceptors (Lipinski definition) is 5. The van der Waals surface area contributed by atoms with Crippen molar-refractivity contribution < 1.29 is 19.1 Å². The third kappa shape index (κ3) is 6.42. The first kappa shape index (κ1) is 23.5. The summed E-state index contributed by atoms with van der Waals surface area (Å²) < 4.78 is 11.7. The Labute approximate surface area is 199 Å². The summed E-state index contributed by atoms with van der Waals surface area (Å²) in [6.07, 6.45) is 0.692. The highest BCUT2D eigenvalue weighted by molar-refractivity contribution is 9.10. The third-order valence-corrected chi connectivity index (χ3v) is 5.29. The number of ether oxygens (including phenoxy) is 2. The largest absolute Gasteiger partial charge is 0.481 e. The number of hydrazone groups is 1. The summed E-state index contributed by atoms with van der Waals surface area (Å²) in [6.45, 7) is 3.47. The number of carbonyl (C=O) groups excluding carboxylic acids is 2. The zero-order valence-corrected chi connectivity index (χ0v) is 19.7. The van der Waals surface area contributed by atoms with Crippen molar-refractivity contribution in [3.8, 4) is 11.5 Å². The van der Waals surface area contributed by atoms with Gasteiger partial charge in [0.15, 0.2) is 6.10 Å². The van der Waals surface area contributed by atoms with E-state index in [0.717, 1.165) is 5.56 Å². The van der Waals surface area contributed by atoms with E-state index in [9.17, 15) is 9.59 Å². The average Bonchev–Trinajstić information content (AvgIpc) is 2.76. The van der Waals surface area contributed by atoms with Crippen molar-refractivity contribution in [1.82, 2.24) is 5.43 Å². The van der Waals surface area contributed by atoms with Crippen LogP contribution in [0.5, 0.6) is 11.5 Å². The summed E-state index contributed by atoms with van der Waals surface area (Å²) in [5, 5.41) is 4.56. The van der Waals surface area contributed by atoms with E-state index in [2.05, 4.69) is 26.5 Å². The highest BCUT2D eigenvalue weighted by Gasteiger charge is 2.15. The van der Waals surface area contributed by atoms with E-state index < -0.39 is 18.0 Å². The van der Waals surface area contributed by atoms with Crippen LogP contribution < -0.4 is 14.9 Å². The van der Waals surface area contributed by atoms with E-state index in [1.54, 1.807) is 67.6 Å². The van der Waals surface area contributed by atoms with Gasteiger partial charge in [-0.1, -0.05) is 35.9 Å². The quantitative estimate of drug-likeness (QED) is 0.194. The maximum Gasteiger partial charge on any atom is 0.344 e. The van der Waals surface area contributed by atoms with Crippen LogP contribution in [0.15, 0.2) is 76.3 Å². The Bertz CT molecular complexity index is 1170. The Morgan fingerprint density at radius 3 is 2.62 bits per heavy atom. The lowest BCUT2D eigenvalue weighted by Gasteiger charge is -2.14. The van der Waals surface area contributed by atoms with Crippen LogP contribution in [0.3, 0.4) is 0 Å². The first-order chi connectivity index (χ1) is 15.3. The molecule has 3 aromatic rings. The number of amides is 1. The lowest BCUT2D eigenvalue weighted by Crippen LogP contribution is -2.33. The molecule has 32 heavy (non-hydrogen) atoms. The van der Waals surface area contributed by atoms with Crippen LogP contribution >= 0.6 is 27.5 Å². The van der Waals surface area contributed by atoms with Gasteiger partial charge in [-0.3, -0.25) is 4.79 Å². The summed E-state index contributed by atoms with van der Waals surface area (Å²) in [5.74, 6) is 0.0342. The number of nitrogens with zero attached hydrogens (tertiary/aromatic N) is 1. The van der Waals surface area contributed by atoms with Gasteiger partial charge in [0.2, 0.25) is 0 Å². The van der Waals surface area contributed by atoms with Gasteiger partial charge >= 0.3 is 5.97 Å². The van der Waals surface area contributed by atoms with Crippen LogP contribution in [0.2, 0.25) is 5.02 Å². The maximum atomic E-state index is 12.4. The molecule has 0 saturated heterocycles. The van der Waals surface area contributed by atoms with Crippen molar-refractivity contribution in [1.29, 1.82) is 0 Å². The summed E-state index contributed by atoms with van der Waals surface area (Å²) in [5.41, 5.74) is 4.33. The number of halogens is 2.